The van der Waals surface area contributed by atoms with Crippen LogP contribution in [0.1, 0.15) is 46.0 Å². The fraction of sp³-hybridized carbons (Fsp3) is 1.00. The molecule has 2 fully saturated rings. The van der Waals surface area contributed by atoms with Crippen molar-refractivity contribution >= 4 is 0 Å². The SMILES string of the molecule is CCN(CCC1CC2CCC(C1)N2)C(C)COC. The molecule has 2 rings (SSSR count). The van der Waals surface area contributed by atoms with Crippen molar-refractivity contribution in [3.05, 3.63) is 0 Å². The van der Waals surface area contributed by atoms with E-state index >= 15 is 0 Å². The summed E-state index contributed by atoms with van der Waals surface area (Å²) in [5.74, 6) is 0.951. The van der Waals surface area contributed by atoms with Crippen LogP contribution in [-0.2, 0) is 4.74 Å². The molecule has 18 heavy (non-hydrogen) atoms. The molecule has 0 aromatic carbocycles. The molecule has 106 valence electrons. The maximum absolute atomic E-state index is 5.27. The third-order valence-electron chi connectivity index (χ3n) is 4.83. The van der Waals surface area contributed by atoms with E-state index in [0.717, 1.165) is 31.2 Å². The molecule has 2 bridgehead atoms. The normalized spacial score (nSPS) is 33.0. The highest BCUT2D eigenvalue weighted by Crippen LogP contribution is 2.32. The first-order valence-electron chi connectivity index (χ1n) is 7.72. The Labute approximate surface area is 112 Å². The van der Waals surface area contributed by atoms with Crippen LogP contribution in [0.2, 0.25) is 0 Å². The van der Waals surface area contributed by atoms with Gasteiger partial charge >= 0.3 is 0 Å². The molecular weight excluding hydrogens is 224 g/mol. The second-order valence-electron chi connectivity index (χ2n) is 6.20. The highest BCUT2D eigenvalue weighted by Gasteiger charge is 2.33. The molecule has 2 aliphatic heterocycles. The Balaban J connectivity index is 1.72. The maximum Gasteiger partial charge on any atom is 0.0615 e. The third kappa shape index (κ3) is 3.69. The van der Waals surface area contributed by atoms with Crippen LogP contribution in [0.4, 0.5) is 0 Å². The molecule has 0 aliphatic carbocycles. The lowest BCUT2D eigenvalue weighted by atomic mass is 9.89. The molecule has 3 unspecified atom stereocenters. The number of fused-ring (bicyclic) bond motifs is 2. The fourth-order valence-corrected chi connectivity index (χ4v) is 3.80. The Morgan fingerprint density at radius 1 is 1.28 bits per heavy atom. The minimum Gasteiger partial charge on any atom is -0.383 e. The predicted molar refractivity (Wildman–Crippen MR) is 75.9 cm³/mol. The Morgan fingerprint density at radius 2 is 1.94 bits per heavy atom. The van der Waals surface area contributed by atoms with Gasteiger partial charge in [0.1, 0.15) is 0 Å². The van der Waals surface area contributed by atoms with Crippen LogP contribution in [0.15, 0.2) is 0 Å². The maximum atomic E-state index is 5.27. The van der Waals surface area contributed by atoms with Gasteiger partial charge in [0.15, 0.2) is 0 Å². The van der Waals surface area contributed by atoms with E-state index in [2.05, 4.69) is 24.1 Å². The first kappa shape index (κ1) is 14.3. The van der Waals surface area contributed by atoms with Crippen molar-refractivity contribution < 1.29 is 4.74 Å². The van der Waals surface area contributed by atoms with Gasteiger partial charge in [-0.2, -0.15) is 0 Å². The van der Waals surface area contributed by atoms with Gasteiger partial charge in [0.05, 0.1) is 6.61 Å². The van der Waals surface area contributed by atoms with Gasteiger partial charge < -0.3 is 10.1 Å². The summed E-state index contributed by atoms with van der Waals surface area (Å²) in [4.78, 5) is 2.56. The smallest absolute Gasteiger partial charge is 0.0615 e. The van der Waals surface area contributed by atoms with Gasteiger partial charge in [-0.15, -0.1) is 0 Å². The van der Waals surface area contributed by atoms with Crippen molar-refractivity contribution in [2.24, 2.45) is 5.92 Å². The molecular formula is C15H30N2O. The van der Waals surface area contributed by atoms with Gasteiger partial charge in [0, 0.05) is 25.2 Å². The largest absolute Gasteiger partial charge is 0.383 e. The highest BCUT2D eigenvalue weighted by atomic mass is 16.5. The van der Waals surface area contributed by atoms with Crippen LogP contribution in [0.5, 0.6) is 0 Å². The summed E-state index contributed by atoms with van der Waals surface area (Å²) in [6, 6.07) is 2.22. The zero-order chi connectivity index (χ0) is 13.0. The summed E-state index contributed by atoms with van der Waals surface area (Å²) in [6.45, 7) is 7.77. The molecule has 0 aromatic heterocycles. The number of nitrogens with one attached hydrogen (secondary N) is 1. The lowest BCUT2D eigenvalue weighted by molar-refractivity contribution is 0.0958. The predicted octanol–water partition coefficient (Wildman–Crippen LogP) is 2.26. The summed E-state index contributed by atoms with van der Waals surface area (Å²) in [5, 5.41) is 3.73. The molecule has 0 aromatic rings. The van der Waals surface area contributed by atoms with E-state index in [1.165, 1.54) is 38.6 Å². The van der Waals surface area contributed by atoms with Gasteiger partial charge in [-0.05, 0) is 58.0 Å². The lowest BCUT2D eigenvalue weighted by Crippen LogP contribution is -2.41. The summed E-state index contributed by atoms with van der Waals surface area (Å²) in [5.41, 5.74) is 0. The van der Waals surface area contributed by atoms with E-state index in [0.29, 0.717) is 6.04 Å². The molecule has 0 spiro atoms. The molecule has 0 amide bonds. The third-order valence-corrected chi connectivity index (χ3v) is 4.83. The van der Waals surface area contributed by atoms with E-state index in [-0.39, 0.29) is 0 Å². The van der Waals surface area contributed by atoms with Gasteiger partial charge in [0.25, 0.3) is 0 Å². The van der Waals surface area contributed by atoms with Crippen LogP contribution in [0.3, 0.4) is 0 Å². The van der Waals surface area contributed by atoms with Crippen LogP contribution < -0.4 is 5.32 Å². The van der Waals surface area contributed by atoms with Crippen LogP contribution in [0, 0.1) is 5.92 Å². The second-order valence-corrected chi connectivity index (χ2v) is 6.20. The van der Waals surface area contributed by atoms with Crippen LogP contribution >= 0.6 is 0 Å². The molecule has 2 heterocycles. The topological polar surface area (TPSA) is 24.5 Å². The quantitative estimate of drug-likeness (QED) is 0.754. The highest BCUT2D eigenvalue weighted by molar-refractivity contribution is 4.92. The number of rotatable bonds is 7. The van der Waals surface area contributed by atoms with Crippen molar-refractivity contribution in [3.8, 4) is 0 Å². The fourth-order valence-electron chi connectivity index (χ4n) is 3.80. The van der Waals surface area contributed by atoms with E-state index in [1.807, 2.05) is 0 Å². The molecule has 0 radical (unpaired) electrons. The Morgan fingerprint density at radius 3 is 2.50 bits per heavy atom. The van der Waals surface area contributed by atoms with E-state index in [1.54, 1.807) is 7.11 Å². The van der Waals surface area contributed by atoms with E-state index < -0.39 is 0 Å². The Kier molecular flexibility index (Phi) is 5.46. The number of hydrogen-bond acceptors (Lipinski definition) is 3. The standard InChI is InChI=1S/C15H30N2O/c1-4-17(12(2)11-18-3)8-7-13-9-14-5-6-15(10-13)16-14/h12-16H,4-11H2,1-3H3. The lowest BCUT2D eigenvalue weighted by Gasteiger charge is -2.32. The molecule has 3 atom stereocenters. The van der Waals surface area contributed by atoms with Gasteiger partial charge in [-0.3, -0.25) is 4.90 Å². The van der Waals surface area contributed by atoms with Crippen LogP contribution in [-0.4, -0.2) is 49.8 Å². The van der Waals surface area contributed by atoms with Crippen molar-refractivity contribution in [3.63, 3.8) is 0 Å². The molecule has 0 saturated carbocycles. The second kappa shape index (κ2) is 6.88. The molecule has 3 heteroatoms. The minimum atomic E-state index is 0.554. The number of piperidine rings is 1. The Bertz CT molecular complexity index is 235. The summed E-state index contributed by atoms with van der Waals surface area (Å²) in [7, 11) is 1.80. The molecule has 2 aliphatic rings. The first-order valence-corrected chi connectivity index (χ1v) is 7.72. The van der Waals surface area contributed by atoms with E-state index in [4.69, 9.17) is 4.74 Å². The van der Waals surface area contributed by atoms with Crippen molar-refractivity contribution in [1.29, 1.82) is 0 Å². The number of likely N-dealkylation sites (N-methyl/N-ethyl adjacent to an activating group) is 1. The number of hydrogen-bond donors (Lipinski definition) is 1. The summed E-state index contributed by atoms with van der Waals surface area (Å²) < 4.78 is 5.27. The van der Waals surface area contributed by atoms with Gasteiger partial charge in [-0.25, -0.2) is 0 Å². The van der Waals surface area contributed by atoms with Gasteiger partial charge in [-0.1, -0.05) is 6.92 Å². The van der Waals surface area contributed by atoms with Crippen LogP contribution in [0.25, 0.3) is 0 Å². The number of nitrogens with zero attached hydrogens (tertiary/aromatic N) is 1. The molecule has 1 N–H and O–H groups in total. The zero-order valence-corrected chi connectivity index (χ0v) is 12.3. The average molecular weight is 254 g/mol. The minimum absolute atomic E-state index is 0.554. The summed E-state index contributed by atoms with van der Waals surface area (Å²) >= 11 is 0. The first-order chi connectivity index (χ1) is 8.72. The number of ether oxygens (including phenoxy) is 1. The zero-order valence-electron chi connectivity index (χ0n) is 12.3. The average Bonchev–Trinajstić information content (AvgIpc) is 2.70. The molecule has 2 saturated heterocycles. The van der Waals surface area contributed by atoms with Crippen molar-refractivity contribution in [2.75, 3.05) is 26.8 Å². The number of methoxy groups -OCH3 is 1. The summed E-state index contributed by atoms with van der Waals surface area (Å²) in [6.07, 6.45) is 7.02. The monoisotopic (exact) mass is 254 g/mol. The van der Waals surface area contributed by atoms with E-state index in [9.17, 15) is 0 Å². The van der Waals surface area contributed by atoms with Gasteiger partial charge in [0.2, 0.25) is 0 Å². The Hall–Kier alpha value is -0.120. The van der Waals surface area contributed by atoms with Crippen molar-refractivity contribution in [2.45, 2.75) is 64.1 Å². The van der Waals surface area contributed by atoms with Crippen molar-refractivity contribution in [1.82, 2.24) is 10.2 Å². The molecule has 3 nitrogen and oxygen atoms in total.